The van der Waals surface area contributed by atoms with Gasteiger partial charge in [0, 0.05) is 42.7 Å². The van der Waals surface area contributed by atoms with Crippen LogP contribution >= 0.6 is 11.3 Å². The lowest BCUT2D eigenvalue weighted by molar-refractivity contribution is 0.993. The minimum absolute atomic E-state index is 0.680. The predicted octanol–water partition coefficient (Wildman–Crippen LogP) is 9.28. The van der Waals surface area contributed by atoms with Gasteiger partial charge in [0.1, 0.15) is 0 Å². The number of benzene rings is 5. The summed E-state index contributed by atoms with van der Waals surface area (Å²) >= 11 is 1.82. The molecule has 0 saturated carbocycles. The smallest absolute Gasteiger partial charge is 0.235 e. The van der Waals surface area contributed by atoms with E-state index in [0.29, 0.717) is 5.95 Å². The first kappa shape index (κ1) is 21.3. The first-order valence-corrected chi connectivity index (χ1v) is 13.5. The van der Waals surface area contributed by atoms with Gasteiger partial charge < -0.3 is 0 Å². The van der Waals surface area contributed by atoms with Crippen molar-refractivity contribution in [2.45, 2.75) is 0 Å². The fourth-order valence-corrected chi connectivity index (χ4v) is 6.78. The van der Waals surface area contributed by atoms with Crippen molar-refractivity contribution < 1.29 is 0 Å². The lowest BCUT2D eigenvalue weighted by atomic mass is 10.0. The molecule has 0 amide bonds. The Bertz CT molecular complexity index is 2140. The minimum atomic E-state index is 0.680. The Morgan fingerprint density at radius 2 is 1.32 bits per heavy atom. The average Bonchev–Trinajstić information content (AvgIpc) is 3.53. The van der Waals surface area contributed by atoms with Gasteiger partial charge in [-0.05, 0) is 41.5 Å². The molecule has 5 aromatic carbocycles. The second kappa shape index (κ2) is 8.37. The maximum atomic E-state index is 5.15. The Morgan fingerprint density at radius 3 is 2.24 bits per heavy atom. The molecule has 38 heavy (non-hydrogen) atoms. The van der Waals surface area contributed by atoms with Crippen LogP contribution in [-0.4, -0.2) is 14.5 Å². The largest absolute Gasteiger partial charge is 0.278 e. The highest BCUT2D eigenvalue weighted by atomic mass is 32.1. The van der Waals surface area contributed by atoms with Crippen molar-refractivity contribution >= 4 is 53.3 Å². The Labute approximate surface area is 223 Å². The normalized spacial score (nSPS) is 11.7. The van der Waals surface area contributed by atoms with Gasteiger partial charge in [-0.2, -0.15) is 0 Å². The first-order chi connectivity index (χ1) is 18.8. The van der Waals surface area contributed by atoms with Gasteiger partial charge in [-0.3, -0.25) is 4.57 Å². The highest BCUT2D eigenvalue weighted by Gasteiger charge is 2.17. The number of hydrogen-bond acceptors (Lipinski definition) is 3. The zero-order valence-electron chi connectivity index (χ0n) is 20.4. The molecule has 0 spiro atoms. The zero-order chi connectivity index (χ0) is 25.1. The monoisotopic (exact) mass is 503 g/mol. The molecule has 0 aliphatic carbocycles. The van der Waals surface area contributed by atoms with Crippen LogP contribution in [0.4, 0.5) is 0 Å². The van der Waals surface area contributed by atoms with Crippen molar-refractivity contribution in [2.75, 3.05) is 0 Å². The van der Waals surface area contributed by atoms with Crippen LogP contribution < -0.4 is 0 Å². The molecule has 0 bridgehead atoms. The van der Waals surface area contributed by atoms with E-state index >= 15 is 0 Å². The van der Waals surface area contributed by atoms with Crippen LogP contribution in [0.15, 0.2) is 128 Å². The summed E-state index contributed by atoms with van der Waals surface area (Å²) in [5.41, 5.74) is 6.68. The van der Waals surface area contributed by atoms with Crippen molar-refractivity contribution in [1.82, 2.24) is 14.5 Å². The van der Waals surface area contributed by atoms with Crippen molar-refractivity contribution in [1.29, 1.82) is 0 Å². The van der Waals surface area contributed by atoms with E-state index in [2.05, 4.69) is 120 Å². The second-order valence-electron chi connectivity index (χ2n) is 9.47. The van der Waals surface area contributed by atoms with Crippen molar-refractivity contribution in [3.63, 3.8) is 0 Å². The first-order valence-electron chi connectivity index (χ1n) is 12.7. The summed E-state index contributed by atoms with van der Waals surface area (Å²) in [6, 6.07) is 42.8. The molecule has 0 saturated heterocycles. The molecule has 4 heteroatoms. The van der Waals surface area contributed by atoms with Crippen LogP contribution in [0, 0.1) is 0 Å². The number of aromatic nitrogens is 3. The van der Waals surface area contributed by atoms with Crippen molar-refractivity contribution in [3.8, 4) is 28.3 Å². The van der Waals surface area contributed by atoms with Gasteiger partial charge in [-0.1, -0.05) is 91.0 Å². The highest BCUT2D eigenvalue weighted by Crippen LogP contribution is 2.40. The van der Waals surface area contributed by atoms with Crippen LogP contribution in [0.1, 0.15) is 0 Å². The SMILES string of the molecule is c1ccc(-c2ccc3c(c2)c2ccccc2n3-c2nccc(-c3cccc4c3sc3ccccc34)n2)cc1. The standard InChI is InChI=1S/C34H21N3S/c1-2-9-22(10-3-1)23-17-18-31-28(21-23)24-11-4-6-15-30(24)37(31)34-35-20-19-29(36-34)27-14-8-13-26-25-12-5-7-16-32(25)38-33(26)27/h1-21H. The summed E-state index contributed by atoms with van der Waals surface area (Å²) in [4.78, 5) is 9.91. The molecule has 8 rings (SSSR count). The molecule has 0 aliphatic rings. The number of fused-ring (bicyclic) bond motifs is 6. The van der Waals surface area contributed by atoms with E-state index in [1.165, 1.54) is 42.1 Å². The van der Waals surface area contributed by atoms with E-state index in [0.717, 1.165) is 22.3 Å². The van der Waals surface area contributed by atoms with E-state index in [1.807, 2.05) is 23.6 Å². The Hall–Kier alpha value is -4.80. The number of para-hydroxylation sites is 1. The van der Waals surface area contributed by atoms with E-state index in [-0.39, 0.29) is 0 Å². The Kier molecular flexibility index (Phi) is 4.69. The van der Waals surface area contributed by atoms with Gasteiger partial charge >= 0.3 is 0 Å². The third-order valence-electron chi connectivity index (χ3n) is 7.30. The molecule has 0 aliphatic heterocycles. The van der Waals surface area contributed by atoms with Crippen molar-refractivity contribution in [3.05, 3.63) is 128 Å². The summed E-state index contributed by atoms with van der Waals surface area (Å²) in [5.74, 6) is 0.680. The molecule has 0 unspecified atom stereocenters. The topological polar surface area (TPSA) is 30.7 Å². The van der Waals surface area contributed by atoms with Crippen LogP contribution in [0.3, 0.4) is 0 Å². The Balaban J connectivity index is 1.35. The Morgan fingerprint density at radius 1 is 0.553 bits per heavy atom. The zero-order valence-corrected chi connectivity index (χ0v) is 21.2. The van der Waals surface area contributed by atoms with E-state index < -0.39 is 0 Å². The highest BCUT2D eigenvalue weighted by molar-refractivity contribution is 7.26. The summed E-state index contributed by atoms with van der Waals surface area (Å²) < 4.78 is 4.74. The molecular weight excluding hydrogens is 482 g/mol. The molecule has 0 fully saturated rings. The molecule has 0 N–H and O–H groups in total. The quantitative estimate of drug-likeness (QED) is 0.240. The van der Waals surface area contributed by atoms with Gasteiger partial charge in [0.25, 0.3) is 0 Å². The van der Waals surface area contributed by atoms with Gasteiger partial charge in [-0.25, -0.2) is 9.97 Å². The lowest BCUT2D eigenvalue weighted by Crippen LogP contribution is -2.01. The summed E-state index contributed by atoms with van der Waals surface area (Å²) in [5, 5.41) is 4.96. The third-order valence-corrected chi connectivity index (χ3v) is 8.52. The molecule has 0 atom stereocenters. The van der Waals surface area contributed by atoms with E-state index in [4.69, 9.17) is 9.97 Å². The summed E-state index contributed by atoms with van der Waals surface area (Å²) in [6.45, 7) is 0. The third kappa shape index (κ3) is 3.21. The van der Waals surface area contributed by atoms with Gasteiger partial charge in [-0.15, -0.1) is 11.3 Å². The molecule has 3 aromatic heterocycles. The average molecular weight is 504 g/mol. The van der Waals surface area contributed by atoms with Crippen molar-refractivity contribution in [2.24, 2.45) is 0 Å². The van der Waals surface area contributed by atoms with Crippen LogP contribution in [0.25, 0.3) is 70.3 Å². The number of nitrogens with zero attached hydrogens (tertiary/aromatic N) is 3. The molecule has 0 radical (unpaired) electrons. The number of thiophene rings is 1. The van der Waals surface area contributed by atoms with E-state index in [9.17, 15) is 0 Å². The fourth-order valence-electron chi connectivity index (χ4n) is 5.55. The molecule has 178 valence electrons. The fraction of sp³-hybridized carbons (Fsp3) is 0. The van der Waals surface area contributed by atoms with Crippen LogP contribution in [0.2, 0.25) is 0 Å². The number of hydrogen-bond donors (Lipinski definition) is 0. The molecule has 3 nitrogen and oxygen atoms in total. The minimum Gasteiger partial charge on any atom is -0.278 e. The maximum absolute atomic E-state index is 5.15. The molecule has 3 heterocycles. The van der Waals surface area contributed by atoms with Crippen LogP contribution in [0.5, 0.6) is 0 Å². The van der Waals surface area contributed by atoms with Crippen LogP contribution in [-0.2, 0) is 0 Å². The van der Waals surface area contributed by atoms with Gasteiger partial charge in [0.2, 0.25) is 5.95 Å². The summed E-state index contributed by atoms with van der Waals surface area (Å²) in [6.07, 6.45) is 1.88. The van der Waals surface area contributed by atoms with Gasteiger partial charge in [0.15, 0.2) is 0 Å². The van der Waals surface area contributed by atoms with E-state index in [1.54, 1.807) is 0 Å². The second-order valence-corrected chi connectivity index (χ2v) is 10.5. The molecule has 8 aromatic rings. The molecular formula is C34H21N3S. The maximum Gasteiger partial charge on any atom is 0.235 e. The predicted molar refractivity (Wildman–Crippen MR) is 160 cm³/mol. The summed E-state index contributed by atoms with van der Waals surface area (Å²) in [7, 11) is 0. The lowest BCUT2D eigenvalue weighted by Gasteiger charge is -2.09. The van der Waals surface area contributed by atoms with Gasteiger partial charge in [0.05, 0.1) is 16.7 Å². The number of rotatable bonds is 3.